The van der Waals surface area contributed by atoms with Gasteiger partial charge in [-0.15, -0.1) is 0 Å². The lowest BCUT2D eigenvalue weighted by molar-refractivity contribution is -0.143. The highest BCUT2D eigenvalue weighted by Crippen LogP contribution is 2.16. The number of aryl methyl sites for hydroxylation is 2. The number of unbranched alkanes of at least 4 members (excludes halogenated alkanes) is 1. The van der Waals surface area contributed by atoms with Crippen molar-refractivity contribution in [2.45, 2.75) is 33.6 Å². The lowest BCUT2D eigenvalue weighted by atomic mass is 10.1. The molecule has 128 valence electrons. The van der Waals surface area contributed by atoms with Gasteiger partial charge in [-0.2, -0.15) is 0 Å². The van der Waals surface area contributed by atoms with Crippen LogP contribution in [0.4, 0.5) is 10.5 Å². The molecule has 0 saturated carbocycles. The molecule has 7 nitrogen and oxygen atoms in total. The molecule has 1 saturated heterocycles. The predicted molar refractivity (Wildman–Crippen MR) is 88.3 cm³/mol. The summed E-state index contributed by atoms with van der Waals surface area (Å²) in [6, 6.07) is 4.69. The number of carbonyl (C=O) groups is 4. The molecule has 0 radical (unpaired) electrons. The fourth-order valence-electron chi connectivity index (χ4n) is 2.37. The minimum absolute atomic E-state index is 0.190. The van der Waals surface area contributed by atoms with E-state index in [9.17, 15) is 19.2 Å². The lowest BCUT2D eigenvalue weighted by Gasteiger charge is -2.15. The molecule has 1 aromatic carbocycles. The van der Waals surface area contributed by atoms with Gasteiger partial charge in [0.25, 0.3) is 0 Å². The fourth-order valence-corrected chi connectivity index (χ4v) is 2.37. The molecule has 0 atom stereocenters. The summed E-state index contributed by atoms with van der Waals surface area (Å²) < 4.78 is 0. The van der Waals surface area contributed by atoms with Gasteiger partial charge in [0.2, 0.25) is 5.91 Å². The summed E-state index contributed by atoms with van der Waals surface area (Å²) in [4.78, 5) is 49.6. The summed E-state index contributed by atoms with van der Waals surface area (Å²) in [5.74, 6) is -2.34. The van der Waals surface area contributed by atoms with Crippen molar-refractivity contribution in [1.82, 2.24) is 9.80 Å². The number of carbonyl (C=O) groups excluding carboxylic acids is 4. The van der Waals surface area contributed by atoms with Crippen molar-refractivity contribution in [1.29, 1.82) is 0 Å². The number of nitrogens with zero attached hydrogens (tertiary/aromatic N) is 2. The Morgan fingerprint density at radius 3 is 2.33 bits per heavy atom. The summed E-state index contributed by atoms with van der Waals surface area (Å²) in [7, 11) is 0. The van der Waals surface area contributed by atoms with Crippen LogP contribution in [0.2, 0.25) is 0 Å². The molecular formula is C17H21N3O4. The summed E-state index contributed by atoms with van der Waals surface area (Å²) in [6.07, 6.45) is 1.41. The highest BCUT2D eigenvalue weighted by molar-refractivity contribution is 6.45. The van der Waals surface area contributed by atoms with E-state index in [4.69, 9.17) is 0 Å². The van der Waals surface area contributed by atoms with Crippen LogP contribution >= 0.6 is 0 Å². The molecular weight excluding hydrogens is 310 g/mol. The average Bonchev–Trinajstić information content (AvgIpc) is 2.73. The van der Waals surface area contributed by atoms with Gasteiger partial charge in [0, 0.05) is 12.2 Å². The zero-order valence-electron chi connectivity index (χ0n) is 14.1. The molecule has 0 aromatic heterocycles. The molecule has 1 heterocycles. The monoisotopic (exact) mass is 331 g/mol. The van der Waals surface area contributed by atoms with Crippen LogP contribution in [0.3, 0.4) is 0 Å². The molecule has 1 N–H and O–H groups in total. The number of hydrogen-bond acceptors (Lipinski definition) is 4. The molecule has 2 rings (SSSR count). The third-order valence-corrected chi connectivity index (χ3v) is 3.96. The number of anilines is 1. The van der Waals surface area contributed by atoms with Crippen LogP contribution in [0.15, 0.2) is 18.2 Å². The number of hydrogen-bond donors (Lipinski definition) is 1. The van der Waals surface area contributed by atoms with E-state index in [1.54, 1.807) is 12.1 Å². The Balaban J connectivity index is 2.02. The lowest BCUT2D eigenvalue weighted by Crippen LogP contribution is -2.39. The van der Waals surface area contributed by atoms with Gasteiger partial charge in [-0.25, -0.2) is 9.69 Å². The van der Waals surface area contributed by atoms with Crippen LogP contribution < -0.4 is 5.32 Å². The molecule has 1 fully saturated rings. The molecule has 1 aliphatic heterocycles. The van der Waals surface area contributed by atoms with Gasteiger partial charge in [0.15, 0.2) is 0 Å². The zero-order chi connectivity index (χ0) is 17.9. The van der Waals surface area contributed by atoms with Crippen LogP contribution in [-0.2, 0) is 14.4 Å². The standard InChI is InChI=1S/C17H21N3O4/c1-4-5-8-19-15(22)16(23)20(17(19)24)10-14(21)18-13-7-6-11(2)12(3)9-13/h6-7,9H,4-5,8,10H2,1-3H3,(H,18,21). The van der Waals surface area contributed by atoms with E-state index in [1.807, 2.05) is 26.8 Å². The maximum Gasteiger partial charge on any atom is 0.334 e. The second-order valence-corrected chi connectivity index (χ2v) is 5.83. The fraction of sp³-hybridized carbons (Fsp3) is 0.412. The van der Waals surface area contributed by atoms with Gasteiger partial charge < -0.3 is 5.32 Å². The van der Waals surface area contributed by atoms with E-state index in [2.05, 4.69) is 5.32 Å². The van der Waals surface area contributed by atoms with Gasteiger partial charge in [-0.05, 0) is 43.5 Å². The second kappa shape index (κ2) is 7.25. The van der Waals surface area contributed by atoms with E-state index in [-0.39, 0.29) is 6.54 Å². The van der Waals surface area contributed by atoms with Crippen LogP contribution in [-0.4, -0.2) is 46.6 Å². The van der Waals surface area contributed by atoms with Gasteiger partial charge in [0.1, 0.15) is 6.54 Å². The number of imide groups is 2. The maximum absolute atomic E-state index is 12.1. The van der Waals surface area contributed by atoms with Crippen molar-refractivity contribution >= 4 is 29.4 Å². The number of benzene rings is 1. The van der Waals surface area contributed by atoms with Gasteiger partial charge in [-0.1, -0.05) is 19.4 Å². The van der Waals surface area contributed by atoms with Crippen LogP contribution in [0.25, 0.3) is 0 Å². The van der Waals surface area contributed by atoms with Crippen molar-refractivity contribution in [3.8, 4) is 0 Å². The SMILES string of the molecule is CCCCN1C(=O)C(=O)N(CC(=O)Nc2ccc(C)c(C)c2)C1=O. The highest BCUT2D eigenvalue weighted by atomic mass is 16.2. The van der Waals surface area contributed by atoms with Crippen LogP contribution in [0.5, 0.6) is 0 Å². The number of amides is 5. The number of nitrogens with one attached hydrogen (secondary N) is 1. The molecule has 7 heteroatoms. The topological polar surface area (TPSA) is 86.8 Å². The molecule has 0 unspecified atom stereocenters. The predicted octanol–water partition coefficient (Wildman–Crippen LogP) is 1.83. The van der Waals surface area contributed by atoms with Crippen molar-refractivity contribution < 1.29 is 19.2 Å². The van der Waals surface area contributed by atoms with Crippen LogP contribution in [0.1, 0.15) is 30.9 Å². The van der Waals surface area contributed by atoms with Crippen molar-refractivity contribution in [3.05, 3.63) is 29.3 Å². The Morgan fingerprint density at radius 2 is 1.71 bits per heavy atom. The molecule has 0 aliphatic carbocycles. The summed E-state index contributed by atoms with van der Waals surface area (Å²) >= 11 is 0. The second-order valence-electron chi connectivity index (χ2n) is 5.83. The molecule has 24 heavy (non-hydrogen) atoms. The van der Waals surface area contributed by atoms with Crippen molar-refractivity contribution in [2.24, 2.45) is 0 Å². The van der Waals surface area contributed by atoms with E-state index in [0.29, 0.717) is 17.0 Å². The van der Waals surface area contributed by atoms with E-state index >= 15 is 0 Å². The van der Waals surface area contributed by atoms with Gasteiger partial charge in [-0.3, -0.25) is 19.3 Å². The Labute approximate surface area is 140 Å². The summed E-state index contributed by atoms with van der Waals surface area (Å²) in [5.41, 5.74) is 2.69. The summed E-state index contributed by atoms with van der Waals surface area (Å²) in [6.45, 7) is 5.51. The third-order valence-electron chi connectivity index (χ3n) is 3.96. The van der Waals surface area contributed by atoms with E-state index in [1.165, 1.54) is 0 Å². The van der Waals surface area contributed by atoms with Crippen molar-refractivity contribution in [2.75, 3.05) is 18.4 Å². The molecule has 5 amide bonds. The summed E-state index contributed by atoms with van der Waals surface area (Å²) in [5, 5.41) is 2.64. The smallest absolute Gasteiger partial charge is 0.325 e. The van der Waals surface area contributed by atoms with Crippen molar-refractivity contribution in [3.63, 3.8) is 0 Å². The number of urea groups is 1. The molecule has 1 aliphatic rings. The Hall–Kier alpha value is -2.70. The quantitative estimate of drug-likeness (QED) is 0.636. The molecule has 0 spiro atoms. The zero-order valence-corrected chi connectivity index (χ0v) is 14.1. The van der Waals surface area contributed by atoms with Gasteiger partial charge >= 0.3 is 17.8 Å². The minimum Gasteiger partial charge on any atom is -0.325 e. The molecule has 1 aromatic rings. The third kappa shape index (κ3) is 3.61. The Morgan fingerprint density at radius 1 is 1.04 bits per heavy atom. The minimum atomic E-state index is -0.952. The van der Waals surface area contributed by atoms with Gasteiger partial charge in [0.05, 0.1) is 0 Å². The Kier molecular flexibility index (Phi) is 5.33. The van der Waals surface area contributed by atoms with E-state index in [0.717, 1.165) is 22.4 Å². The first kappa shape index (κ1) is 17.7. The van der Waals surface area contributed by atoms with E-state index < -0.39 is 30.3 Å². The first-order valence-corrected chi connectivity index (χ1v) is 7.89. The molecule has 0 bridgehead atoms. The first-order chi connectivity index (χ1) is 11.3. The first-order valence-electron chi connectivity index (χ1n) is 7.89. The number of rotatable bonds is 6. The average molecular weight is 331 g/mol. The normalized spacial score (nSPS) is 14.5. The van der Waals surface area contributed by atoms with Crippen LogP contribution in [0, 0.1) is 13.8 Å². The Bertz CT molecular complexity index is 699. The maximum atomic E-state index is 12.1. The largest absolute Gasteiger partial charge is 0.334 e. The highest BCUT2D eigenvalue weighted by Gasteiger charge is 2.44.